The standard InChI is InChI=1S/C27H34N6O3/c1-16-6-9-19(12-24(16)36-2)29-26(34)17-7-10-20(11-8-17)33-23-5-3-4-22(25(23)30-27(33)35)32-14-18-13-28-31-21(18)15-32/h3-6,9,12,17-18,20-21,28,31H,7-8,10-11,13-15H2,1-2H3,(H,29,34)(H,30,35). The van der Waals surface area contributed by atoms with E-state index < -0.39 is 0 Å². The van der Waals surface area contributed by atoms with E-state index in [-0.39, 0.29) is 23.6 Å². The van der Waals surface area contributed by atoms with Crippen LogP contribution in [0.3, 0.4) is 0 Å². The predicted molar refractivity (Wildman–Crippen MR) is 141 cm³/mol. The second-order valence-electron chi connectivity index (χ2n) is 10.4. The average Bonchev–Trinajstić information content (AvgIpc) is 3.58. The Labute approximate surface area is 210 Å². The van der Waals surface area contributed by atoms with Gasteiger partial charge in [-0.05, 0) is 56.4 Å². The Kier molecular flexibility index (Phi) is 5.97. The van der Waals surface area contributed by atoms with Crippen molar-refractivity contribution in [2.24, 2.45) is 11.8 Å². The molecule has 2 aromatic carbocycles. The number of aromatic nitrogens is 2. The molecule has 36 heavy (non-hydrogen) atoms. The van der Waals surface area contributed by atoms with Gasteiger partial charge in [-0.15, -0.1) is 0 Å². The van der Waals surface area contributed by atoms with Crippen molar-refractivity contribution in [3.8, 4) is 5.75 Å². The molecule has 1 amide bonds. The monoisotopic (exact) mass is 490 g/mol. The number of hydrazine groups is 1. The third-order valence-electron chi connectivity index (χ3n) is 8.27. The third kappa shape index (κ3) is 4.06. The zero-order chi connectivity index (χ0) is 24.8. The van der Waals surface area contributed by atoms with Crippen LogP contribution in [-0.2, 0) is 4.79 Å². The number of fused-ring (bicyclic) bond motifs is 2. The highest BCUT2D eigenvalue weighted by Gasteiger charge is 2.37. The summed E-state index contributed by atoms with van der Waals surface area (Å²) >= 11 is 0. The van der Waals surface area contributed by atoms with Gasteiger partial charge >= 0.3 is 5.69 Å². The highest BCUT2D eigenvalue weighted by molar-refractivity contribution is 5.93. The first kappa shape index (κ1) is 23.1. The first-order valence-corrected chi connectivity index (χ1v) is 12.9. The van der Waals surface area contributed by atoms with Gasteiger partial charge in [-0.25, -0.2) is 4.79 Å². The second kappa shape index (κ2) is 9.29. The number of ether oxygens (including phenoxy) is 1. The Morgan fingerprint density at radius 3 is 2.72 bits per heavy atom. The van der Waals surface area contributed by atoms with Gasteiger partial charge in [-0.2, -0.15) is 0 Å². The lowest BCUT2D eigenvalue weighted by molar-refractivity contribution is -0.121. The average molecular weight is 491 g/mol. The minimum atomic E-state index is -0.0601. The summed E-state index contributed by atoms with van der Waals surface area (Å²) in [7, 11) is 1.63. The number of anilines is 2. The molecule has 4 N–H and O–H groups in total. The molecule has 1 aliphatic carbocycles. The number of benzene rings is 2. The molecule has 1 saturated carbocycles. The first-order chi connectivity index (χ1) is 17.5. The largest absolute Gasteiger partial charge is 0.496 e. The van der Waals surface area contributed by atoms with Crippen LogP contribution in [0.25, 0.3) is 11.0 Å². The summed E-state index contributed by atoms with van der Waals surface area (Å²) in [6.07, 6.45) is 3.12. The molecule has 190 valence electrons. The van der Waals surface area contributed by atoms with Crippen LogP contribution in [0.1, 0.15) is 37.3 Å². The molecule has 3 aromatic rings. The highest BCUT2D eigenvalue weighted by Crippen LogP contribution is 2.36. The van der Waals surface area contributed by atoms with E-state index in [0.717, 1.165) is 79.0 Å². The molecule has 0 bridgehead atoms. The minimum absolute atomic E-state index is 0.0376. The summed E-state index contributed by atoms with van der Waals surface area (Å²) in [5.41, 5.74) is 11.3. The van der Waals surface area contributed by atoms with Crippen molar-refractivity contribution < 1.29 is 9.53 Å². The van der Waals surface area contributed by atoms with Crippen LogP contribution in [0.2, 0.25) is 0 Å². The van der Waals surface area contributed by atoms with E-state index in [4.69, 9.17) is 4.74 Å². The summed E-state index contributed by atoms with van der Waals surface area (Å²) in [6, 6.07) is 12.5. The number of carbonyl (C=O) groups excluding carboxylic acids is 1. The van der Waals surface area contributed by atoms with Gasteiger partial charge in [-0.1, -0.05) is 12.1 Å². The summed E-state index contributed by atoms with van der Waals surface area (Å²) in [4.78, 5) is 31.6. The number of carbonyl (C=O) groups is 1. The number of nitrogens with one attached hydrogen (secondary N) is 4. The summed E-state index contributed by atoms with van der Waals surface area (Å²) < 4.78 is 7.30. The molecule has 2 unspecified atom stereocenters. The molecule has 0 spiro atoms. The molecule has 3 heterocycles. The Morgan fingerprint density at radius 2 is 1.94 bits per heavy atom. The Hall–Kier alpha value is -3.30. The molecule has 0 radical (unpaired) electrons. The number of methoxy groups -OCH3 is 1. The topological polar surface area (TPSA) is 103 Å². The number of aromatic amines is 1. The summed E-state index contributed by atoms with van der Waals surface area (Å²) in [5.74, 6) is 1.32. The second-order valence-corrected chi connectivity index (χ2v) is 10.4. The minimum Gasteiger partial charge on any atom is -0.496 e. The molecular weight excluding hydrogens is 456 g/mol. The van der Waals surface area contributed by atoms with E-state index in [1.165, 1.54) is 0 Å². The number of rotatable bonds is 5. The number of aryl methyl sites for hydroxylation is 1. The molecule has 6 rings (SSSR count). The van der Waals surface area contributed by atoms with Crippen LogP contribution < -0.4 is 31.5 Å². The van der Waals surface area contributed by atoms with Crippen LogP contribution in [-0.4, -0.2) is 48.2 Å². The van der Waals surface area contributed by atoms with Crippen molar-refractivity contribution in [3.05, 3.63) is 52.4 Å². The molecule has 2 aliphatic heterocycles. The number of hydrogen-bond donors (Lipinski definition) is 4. The SMILES string of the molecule is COc1cc(NC(=O)C2CCC(n3c(=O)[nH]c4c(N5CC6CNNC6C5)cccc43)CC2)ccc1C. The fourth-order valence-electron chi connectivity index (χ4n) is 6.26. The van der Waals surface area contributed by atoms with Crippen LogP contribution in [0.15, 0.2) is 41.2 Å². The lowest BCUT2D eigenvalue weighted by Crippen LogP contribution is -2.35. The lowest BCUT2D eigenvalue weighted by atomic mass is 9.85. The van der Waals surface area contributed by atoms with Gasteiger partial charge in [0.2, 0.25) is 5.91 Å². The normalized spacial score (nSPS) is 25.8. The third-order valence-corrected chi connectivity index (χ3v) is 8.27. The van der Waals surface area contributed by atoms with E-state index in [0.29, 0.717) is 12.0 Å². The number of H-pyrrole nitrogens is 1. The Balaban J connectivity index is 1.16. The van der Waals surface area contributed by atoms with Crippen molar-refractivity contribution in [2.45, 2.75) is 44.7 Å². The van der Waals surface area contributed by atoms with Gasteiger partial charge in [0.25, 0.3) is 0 Å². The van der Waals surface area contributed by atoms with Gasteiger partial charge in [0.15, 0.2) is 0 Å². The van der Waals surface area contributed by atoms with Gasteiger partial charge in [0.1, 0.15) is 5.75 Å². The van der Waals surface area contributed by atoms with E-state index in [2.05, 4.69) is 38.2 Å². The zero-order valence-corrected chi connectivity index (χ0v) is 20.8. The lowest BCUT2D eigenvalue weighted by Gasteiger charge is -2.29. The van der Waals surface area contributed by atoms with Gasteiger partial charge in [0, 0.05) is 55.3 Å². The fraction of sp³-hybridized carbons (Fsp3) is 0.481. The summed E-state index contributed by atoms with van der Waals surface area (Å²) in [5, 5.41) is 3.05. The number of hydrogen-bond acceptors (Lipinski definition) is 6. The van der Waals surface area contributed by atoms with Crippen molar-refractivity contribution in [2.75, 3.05) is 37.0 Å². The zero-order valence-electron chi connectivity index (χ0n) is 20.8. The molecule has 9 heteroatoms. The fourth-order valence-corrected chi connectivity index (χ4v) is 6.26. The van der Waals surface area contributed by atoms with Gasteiger partial charge in [-0.3, -0.25) is 20.2 Å². The van der Waals surface area contributed by atoms with Crippen LogP contribution in [0.5, 0.6) is 5.75 Å². The molecule has 2 saturated heterocycles. The van der Waals surface area contributed by atoms with Gasteiger partial charge in [0.05, 0.1) is 23.8 Å². The molecule has 2 atom stereocenters. The maximum absolute atomic E-state index is 13.1. The quantitative estimate of drug-likeness (QED) is 0.439. The van der Waals surface area contributed by atoms with Crippen molar-refractivity contribution in [3.63, 3.8) is 0 Å². The summed E-state index contributed by atoms with van der Waals surface area (Å²) in [6.45, 7) is 4.86. The van der Waals surface area contributed by atoms with Crippen molar-refractivity contribution >= 4 is 28.3 Å². The Bertz CT molecular complexity index is 1330. The smallest absolute Gasteiger partial charge is 0.326 e. The van der Waals surface area contributed by atoms with E-state index in [1.807, 2.05) is 35.8 Å². The van der Waals surface area contributed by atoms with Gasteiger partial charge < -0.3 is 19.9 Å². The Morgan fingerprint density at radius 1 is 1.11 bits per heavy atom. The molecular formula is C27H34N6O3. The van der Waals surface area contributed by atoms with E-state index in [9.17, 15) is 9.59 Å². The maximum atomic E-state index is 13.1. The molecule has 9 nitrogen and oxygen atoms in total. The number of para-hydroxylation sites is 1. The molecule has 3 fully saturated rings. The predicted octanol–water partition coefficient (Wildman–Crippen LogP) is 2.93. The number of imidazole rings is 1. The van der Waals surface area contributed by atoms with Crippen LogP contribution >= 0.6 is 0 Å². The van der Waals surface area contributed by atoms with Crippen molar-refractivity contribution in [1.82, 2.24) is 20.4 Å². The van der Waals surface area contributed by atoms with Crippen LogP contribution in [0, 0.1) is 18.8 Å². The molecule has 1 aromatic heterocycles. The first-order valence-electron chi connectivity index (χ1n) is 12.9. The molecule has 3 aliphatic rings. The number of amides is 1. The van der Waals surface area contributed by atoms with E-state index in [1.54, 1.807) is 7.11 Å². The maximum Gasteiger partial charge on any atom is 0.326 e. The van der Waals surface area contributed by atoms with Crippen LogP contribution in [0.4, 0.5) is 11.4 Å². The van der Waals surface area contributed by atoms with E-state index >= 15 is 0 Å². The number of nitrogens with zero attached hydrogens (tertiary/aromatic N) is 2. The highest BCUT2D eigenvalue weighted by atomic mass is 16.5. The van der Waals surface area contributed by atoms with Crippen molar-refractivity contribution in [1.29, 1.82) is 0 Å².